The first-order chi connectivity index (χ1) is 16.1. The van der Waals surface area contributed by atoms with E-state index >= 15 is 0 Å². The zero-order valence-corrected chi connectivity index (χ0v) is 19.1. The Labute approximate surface area is 197 Å². The molecule has 0 aliphatic heterocycles. The Bertz CT molecular complexity index is 1040. The number of amides is 2. The van der Waals surface area contributed by atoms with Crippen LogP contribution in [0.15, 0.2) is 60.8 Å². The maximum absolute atomic E-state index is 13.7. The second-order valence-corrected chi connectivity index (χ2v) is 8.88. The highest BCUT2D eigenvalue weighted by Gasteiger charge is 2.34. The van der Waals surface area contributed by atoms with Gasteiger partial charge in [0.25, 0.3) is 5.91 Å². The van der Waals surface area contributed by atoms with Crippen LogP contribution in [0.25, 0.3) is 0 Å². The molecular formula is C25H27FN4O2S. The molecule has 6 nitrogen and oxygen atoms in total. The third-order valence-corrected chi connectivity index (χ3v) is 6.50. The summed E-state index contributed by atoms with van der Waals surface area (Å²) in [7, 11) is 0. The van der Waals surface area contributed by atoms with Crippen molar-refractivity contribution in [3.8, 4) is 0 Å². The lowest BCUT2D eigenvalue weighted by atomic mass is 9.94. The van der Waals surface area contributed by atoms with Crippen LogP contribution < -0.4 is 5.32 Å². The van der Waals surface area contributed by atoms with Gasteiger partial charge in [-0.1, -0.05) is 61.7 Å². The Balaban J connectivity index is 1.66. The zero-order valence-electron chi connectivity index (χ0n) is 18.3. The van der Waals surface area contributed by atoms with Crippen molar-refractivity contribution in [1.82, 2.24) is 19.0 Å². The minimum Gasteiger partial charge on any atom is -0.351 e. The predicted octanol–water partition coefficient (Wildman–Crippen LogP) is 4.55. The van der Waals surface area contributed by atoms with Gasteiger partial charge in [-0.3, -0.25) is 9.59 Å². The van der Waals surface area contributed by atoms with Crippen molar-refractivity contribution in [2.24, 2.45) is 0 Å². The molecule has 1 heterocycles. The summed E-state index contributed by atoms with van der Waals surface area (Å²) in [6.45, 7) is 0.306. The van der Waals surface area contributed by atoms with E-state index in [0.717, 1.165) is 43.0 Å². The standard InChI is InChI=1S/C25H27FN4O2S/c26-20-13-11-19(12-14-20)23(24(31)28-21-9-5-2-6-10-21)30(25(32)22-17-27-33-29-22)16-15-18-7-3-1-4-8-18/h1,3-4,7-8,11-14,17,21,23H,2,5-6,9-10,15-16H2,(H,28,31). The molecule has 172 valence electrons. The maximum Gasteiger partial charge on any atom is 0.276 e. The van der Waals surface area contributed by atoms with Gasteiger partial charge in [-0.25, -0.2) is 4.39 Å². The van der Waals surface area contributed by atoms with Crippen LogP contribution in [-0.4, -0.2) is 38.0 Å². The highest BCUT2D eigenvalue weighted by atomic mass is 32.1. The Morgan fingerprint density at radius 1 is 1.06 bits per heavy atom. The fourth-order valence-electron chi connectivity index (χ4n) is 4.29. The molecule has 0 spiro atoms. The molecule has 0 bridgehead atoms. The summed E-state index contributed by atoms with van der Waals surface area (Å²) in [6.07, 6.45) is 7.17. The number of carbonyl (C=O) groups is 2. The van der Waals surface area contributed by atoms with Crippen molar-refractivity contribution in [3.63, 3.8) is 0 Å². The number of carbonyl (C=O) groups excluding carboxylic acids is 2. The number of nitrogens with one attached hydrogen (secondary N) is 1. The summed E-state index contributed by atoms with van der Waals surface area (Å²) in [5.41, 5.74) is 1.82. The molecular weight excluding hydrogens is 439 g/mol. The summed E-state index contributed by atoms with van der Waals surface area (Å²) in [4.78, 5) is 28.6. The molecule has 33 heavy (non-hydrogen) atoms. The molecule has 1 atom stereocenters. The first kappa shape index (κ1) is 23.0. The van der Waals surface area contributed by atoms with E-state index in [1.807, 2.05) is 30.3 Å². The molecule has 1 aliphatic rings. The average Bonchev–Trinajstić information content (AvgIpc) is 3.38. The van der Waals surface area contributed by atoms with Crippen LogP contribution in [-0.2, 0) is 11.2 Å². The number of benzene rings is 2. The van der Waals surface area contributed by atoms with Crippen molar-refractivity contribution in [3.05, 3.63) is 83.4 Å². The second kappa shape index (κ2) is 11.1. The smallest absolute Gasteiger partial charge is 0.276 e. The van der Waals surface area contributed by atoms with Crippen molar-refractivity contribution < 1.29 is 14.0 Å². The molecule has 8 heteroatoms. The maximum atomic E-state index is 13.7. The number of nitrogens with zero attached hydrogens (tertiary/aromatic N) is 3. The highest BCUT2D eigenvalue weighted by molar-refractivity contribution is 6.99. The molecule has 1 saturated carbocycles. The van der Waals surface area contributed by atoms with Gasteiger partial charge in [-0.05, 0) is 42.5 Å². The molecule has 4 rings (SSSR count). The molecule has 1 unspecified atom stereocenters. The molecule has 0 radical (unpaired) electrons. The monoisotopic (exact) mass is 466 g/mol. The molecule has 1 aromatic heterocycles. The molecule has 2 aromatic carbocycles. The SMILES string of the molecule is O=C(NC1CCCCC1)C(c1ccc(F)cc1)N(CCc1ccccc1)C(=O)c1cnsn1. The van der Waals surface area contributed by atoms with E-state index in [4.69, 9.17) is 0 Å². The molecule has 3 aromatic rings. The first-order valence-corrected chi connectivity index (χ1v) is 12.0. The fourth-order valence-corrected chi connectivity index (χ4v) is 4.70. The molecule has 0 saturated heterocycles. The van der Waals surface area contributed by atoms with Crippen LogP contribution in [0, 0.1) is 5.82 Å². The van der Waals surface area contributed by atoms with Gasteiger partial charge in [0, 0.05) is 12.6 Å². The summed E-state index contributed by atoms with van der Waals surface area (Å²) in [5, 5.41) is 3.15. The summed E-state index contributed by atoms with van der Waals surface area (Å²) < 4.78 is 21.7. The number of hydrogen-bond donors (Lipinski definition) is 1. The average molecular weight is 467 g/mol. The van der Waals surface area contributed by atoms with Crippen LogP contribution in [0.4, 0.5) is 4.39 Å². The lowest BCUT2D eigenvalue weighted by molar-refractivity contribution is -0.126. The van der Waals surface area contributed by atoms with Gasteiger partial charge in [0.05, 0.1) is 17.9 Å². The van der Waals surface area contributed by atoms with E-state index in [2.05, 4.69) is 14.1 Å². The number of aromatic nitrogens is 2. The fraction of sp³-hybridized carbons (Fsp3) is 0.360. The highest BCUT2D eigenvalue weighted by Crippen LogP contribution is 2.26. The van der Waals surface area contributed by atoms with Gasteiger partial charge >= 0.3 is 0 Å². The first-order valence-electron chi connectivity index (χ1n) is 11.3. The van der Waals surface area contributed by atoms with E-state index < -0.39 is 11.9 Å². The lowest BCUT2D eigenvalue weighted by Gasteiger charge is -2.33. The van der Waals surface area contributed by atoms with Gasteiger partial charge in [-0.2, -0.15) is 8.75 Å². The van der Waals surface area contributed by atoms with Gasteiger partial charge < -0.3 is 10.2 Å². The topological polar surface area (TPSA) is 75.2 Å². The molecule has 1 fully saturated rings. The quantitative estimate of drug-likeness (QED) is 0.528. The van der Waals surface area contributed by atoms with E-state index in [1.165, 1.54) is 29.7 Å². The van der Waals surface area contributed by atoms with Crippen LogP contribution in [0.1, 0.15) is 59.8 Å². The predicted molar refractivity (Wildman–Crippen MR) is 125 cm³/mol. The van der Waals surface area contributed by atoms with E-state index in [1.54, 1.807) is 12.1 Å². The Morgan fingerprint density at radius 3 is 2.45 bits per heavy atom. The van der Waals surface area contributed by atoms with Crippen LogP contribution >= 0.6 is 11.7 Å². The Hall–Kier alpha value is -3.13. The second-order valence-electron chi connectivity index (χ2n) is 8.32. The number of rotatable bonds is 8. The third-order valence-electron chi connectivity index (χ3n) is 6.02. The van der Waals surface area contributed by atoms with Gasteiger partial charge in [-0.15, -0.1) is 0 Å². The van der Waals surface area contributed by atoms with Crippen molar-refractivity contribution in [1.29, 1.82) is 0 Å². The molecule has 2 amide bonds. The van der Waals surface area contributed by atoms with Crippen LogP contribution in [0.3, 0.4) is 0 Å². The summed E-state index contributed by atoms with van der Waals surface area (Å²) in [5.74, 6) is -1.01. The van der Waals surface area contributed by atoms with E-state index in [0.29, 0.717) is 18.5 Å². The number of hydrogen-bond acceptors (Lipinski definition) is 5. The van der Waals surface area contributed by atoms with E-state index in [9.17, 15) is 14.0 Å². The summed E-state index contributed by atoms with van der Waals surface area (Å²) in [6, 6.07) is 14.8. The van der Waals surface area contributed by atoms with Crippen LogP contribution in [0.5, 0.6) is 0 Å². The lowest BCUT2D eigenvalue weighted by Crippen LogP contribution is -2.47. The Kier molecular flexibility index (Phi) is 7.78. The van der Waals surface area contributed by atoms with Crippen molar-refractivity contribution >= 4 is 23.5 Å². The van der Waals surface area contributed by atoms with Gasteiger partial charge in [0.1, 0.15) is 11.9 Å². The van der Waals surface area contributed by atoms with Crippen molar-refractivity contribution in [2.45, 2.75) is 50.6 Å². The molecule has 1 N–H and O–H groups in total. The van der Waals surface area contributed by atoms with Crippen molar-refractivity contribution in [2.75, 3.05) is 6.54 Å². The normalized spacial score (nSPS) is 15.1. The molecule has 1 aliphatic carbocycles. The summed E-state index contributed by atoms with van der Waals surface area (Å²) >= 11 is 0.949. The largest absolute Gasteiger partial charge is 0.351 e. The van der Waals surface area contributed by atoms with E-state index in [-0.39, 0.29) is 23.6 Å². The Morgan fingerprint density at radius 2 is 1.79 bits per heavy atom. The third kappa shape index (κ3) is 6.01. The zero-order chi connectivity index (χ0) is 23.0. The van der Waals surface area contributed by atoms with Gasteiger partial charge in [0.2, 0.25) is 5.91 Å². The van der Waals surface area contributed by atoms with Gasteiger partial charge in [0.15, 0.2) is 5.69 Å². The minimum absolute atomic E-state index is 0.0845. The van der Waals surface area contributed by atoms with Crippen LogP contribution in [0.2, 0.25) is 0 Å². The number of halogens is 1. The minimum atomic E-state index is -0.898.